The summed E-state index contributed by atoms with van der Waals surface area (Å²) in [7, 11) is 0. The molecule has 0 fully saturated rings. The largest absolute Gasteiger partial charge is 0.393 e. The average Bonchev–Trinajstić information content (AvgIpc) is 2.23. The van der Waals surface area contributed by atoms with E-state index in [1.807, 2.05) is 6.26 Å². The van der Waals surface area contributed by atoms with Gasteiger partial charge in [-0.3, -0.25) is 0 Å². The van der Waals surface area contributed by atoms with Crippen LogP contribution in [-0.2, 0) is 6.42 Å². The van der Waals surface area contributed by atoms with Crippen LogP contribution in [0.4, 0.5) is 8.78 Å². The second kappa shape index (κ2) is 6.86. The zero-order valence-electron chi connectivity index (χ0n) is 9.25. The van der Waals surface area contributed by atoms with Gasteiger partial charge in [-0.25, -0.2) is 8.78 Å². The number of aliphatic hydroxyl groups excluding tert-OH is 1. The monoisotopic (exact) mass is 246 g/mol. The zero-order valence-corrected chi connectivity index (χ0v) is 10.1. The maximum Gasteiger partial charge on any atom is 0.129 e. The normalized spacial score (nSPS) is 12.8. The molecule has 0 aromatic heterocycles. The van der Waals surface area contributed by atoms with Crippen molar-refractivity contribution < 1.29 is 13.9 Å². The highest BCUT2D eigenvalue weighted by molar-refractivity contribution is 7.98. The fourth-order valence-corrected chi connectivity index (χ4v) is 1.96. The Kier molecular flexibility index (Phi) is 5.77. The fraction of sp³-hybridized carbons (Fsp3) is 0.500. The summed E-state index contributed by atoms with van der Waals surface area (Å²) < 4.78 is 25.9. The number of benzene rings is 1. The predicted molar refractivity (Wildman–Crippen MR) is 63.7 cm³/mol. The molecule has 4 heteroatoms. The molecule has 0 saturated carbocycles. The second-order valence-electron chi connectivity index (χ2n) is 3.73. The Morgan fingerprint density at radius 3 is 2.75 bits per heavy atom. The number of hydrogen-bond acceptors (Lipinski definition) is 2. The summed E-state index contributed by atoms with van der Waals surface area (Å²) in [6.07, 6.45) is 3.27. The summed E-state index contributed by atoms with van der Waals surface area (Å²) in [6, 6.07) is 3.46. The van der Waals surface area contributed by atoms with Gasteiger partial charge in [-0.05, 0) is 36.5 Å². The van der Waals surface area contributed by atoms with E-state index in [9.17, 15) is 13.9 Å². The van der Waals surface area contributed by atoms with E-state index in [1.165, 1.54) is 12.1 Å². The van der Waals surface area contributed by atoms with Gasteiger partial charge in [-0.1, -0.05) is 6.07 Å². The number of thioether (sulfide) groups is 1. The lowest BCUT2D eigenvalue weighted by Gasteiger charge is -2.10. The topological polar surface area (TPSA) is 20.2 Å². The van der Waals surface area contributed by atoms with Gasteiger partial charge < -0.3 is 5.11 Å². The van der Waals surface area contributed by atoms with Crippen molar-refractivity contribution in [1.82, 2.24) is 0 Å². The molecular formula is C12H16F2OS. The molecule has 0 bridgehead atoms. The molecule has 90 valence electrons. The highest BCUT2D eigenvalue weighted by Gasteiger charge is 2.09. The summed E-state index contributed by atoms with van der Waals surface area (Å²) in [5, 5.41) is 9.65. The van der Waals surface area contributed by atoms with E-state index in [0.29, 0.717) is 12.0 Å². The molecule has 0 spiro atoms. The molecule has 1 nitrogen and oxygen atoms in total. The van der Waals surface area contributed by atoms with E-state index in [0.717, 1.165) is 18.2 Å². The van der Waals surface area contributed by atoms with Crippen LogP contribution in [0.3, 0.4) is 0 Å². The molecule has 1 aromatic rings. The summed E-state index contributed by atoms with van der Waals surface area (Å²) in [6.45, 7) is 0. The van der Waals surface area contributed by atoms with Gasteiger partial charge in [-0.2, -0.15) is 11.8 Å². The van der Waals surface area contributed by atoms with Crippen LogP contribution in [0.2, 0.25) is 0 Å². The van der Waals surface area contributed by atoms with E-state index >= 15 is 0 Å². The molecule has 0 aliphatic heterocycles. The Morgan fingerprint density at radius 1 is 1.38 bits per heavy atom. The van der Waals surface area contributed by atoms with Crippen molar-refractivity contribution in [1.29, 1.82) is 0 Å². The molecule has 1 aromatic carbocycles. The van der Waals surface area contributed by atoms with Crippen molar-refractivity contribution >= 4 is 11.8 Å². The molecule has 0 aliphatic carbocycles. The van der Waals surface area contributed by atoms with Gasteiger partial charge in [0.25, 0.3) is 0 Å². The van der Waals surface area contributed by atoms with Crippen molar-refractivity contribution in [3.05, 3.63) is 35.4 Å². The van der Waals surface area contributed by atoms with E-state index in [2.05, 4.69) is 0 Å². The van der Waals surface area contributed by atoms with Crippen LogP contribution in [0, 0.1) is 11.6 Å². The summed E-state index contributed by atoms with van der Waals surface area (Å²) in [5.74, 6) is -0.176. The Bertz CT molecular complexity index is 331. The van der Waals surface area contributed by atoms with E-state index in [-0.39, 0.29) is 6.42 Å². The van der Waals surface area contributed by atoms with Gasteiger partial charge >= 0.3 is 0 Å². The molecule has 0 amide bonds. The fourth-order valence-electron chi connectivity index (χ4n) is 1.51. The van der Waals surface area contributed by atoms with E-state index < -0.39 is 17.7 Å². The van der Waals surface area contributed by atoms with Crippen LogP contribution >= 0.6 is 11.8 Å². The highest BCUT2D eigenvalue weighted by Crippen LogP contribution is 2.14. The second-order valence-corrected chi connectivity index (χ2v) is 4.71. The quantitative estimate of drug-likeness (QED) is 0.779. The molecular weight excluding hydrogens is 230 g/mol. The Labute approximate surface area is 98.9 Å². The van der Waals surface area contributed by atoms with Crippen molar-refractivity contribution in [2.45, 2.75) is 25.4 Å². The third kappa shape index (κ3) is 4.49. The Balaban J connectivity index is 2.46. The minimum Gasteiger partial charge on any atom is -0.393 e. The molecule has 0 saturated heterocycles. The third-order valence-electron chi connectivity index (χ3n) is 2.36. The molecule has 1 rings (SSSR count). The minimum atomic E-state index is -0.585. The van der Waals surface area contributed by atoms with Gasteiger partial charge in [0, 0.05) is 12.5 Å². The molecule has 16 heavy (non-hydrogen) atoms. The summed E-state index contributed by atoms with van der Waals surface area (Å²) in [4.78, 5) is 0. The molecule has 1 N–H and O–H groups in total. The van der Waals surface area contributed by atoms with Crippen molar-refractivity contribution in [3.63, 3.8) is 0 Å². The van der Waals surface area contributed by atoms with Crippen LogP contribution in [-0.4, -0.2) is 23.2 Å². The Hall–Kier alpha value is -0.610. The van der Waals surface area contributed by atoms with Crippen molar-refractivity contribution in [2.75, 3.05) is 12.0 Å². The first kappa shape index (κ1) is 13.5. The maximum absolute atomic E-state index is 13.2. The first-order chi connectivity index (χ1) is 7.63. The van der Waals surface area contributed by atoms with Crippen molar-refractivity contribution in [2.24, 2.45) is 0 Å². The third-order valence-corrected chi connectivity index (χ3v) is 3.05. The van der Waals surface area contributed by atoms with Gasteiger partial charge in [-0.15, -0.1) is 0 Å². The van der Waals surface area contributed by atoms with Crippen LogP contribution in [0.5, 0.6) is 0 Å². The SMILES string of the molecule is CSCCCC(O)Cc1ccc(F)cc1F. The highest BCUT2D eigenvalue weighted by atomic mass is 32.2. The van der Waals surface area contributed by atoms with Crippen LogP contribution in [0.1, 0.15) is 18.4 Å². The summed E-state index contributed by atoms with van der Waals surface area (Å²) >= 11 is 1.72. The van der Waals surface area contributed by atoms with Crippen molar-refractivity contribution in [3.8, 4) is 0 Å². The van der Waals surface area contributed by atoms with E-state index in [1.54, 1.807) is 11.8 Å². The average molecular weight is 246 g/mol. The zero-order chi connectivity index (χ0) is 12.0. The summed E-state index contributed by atoms with van der Waals surface area (Å²) in [5.41, 5.74) is 0.373. The number of halogens is 2. The standard InChI is InChI=1S/C12H16F2OS/c1-16-6-2-3-11(15)7-9-4-5-10(13)8-12(9)14/h4-5,8,11,15H,2-3,6-7H2,1H3. The lowest BCUT2D eigenvalue weighted by atomic mass is 10.0. The lowest BCUT2D eigenvalue weighted by Crippen LogP contribution is -2.12. The number of rotatable bonds is 6. The molecule has 1 atom stereocenters. The number of aliphatic hydroxyl groups is 1. The smallest absolute Gasteiger partial charge is 0.129 e. The maximum atomic E-state index is 13.2. The molecule has 0 heterocycles. The van der Waals surface area contributed by atoms with Crippen LogP contribution < -0.4 is 0 Å². The van der Waals surface area contributed by atoms with Gasteiger partial charge in [0.05, 0.1) is 6.10 Å². The van der Waals surface area contributed by atoms with Gasteiger partial charge in [0.15, 0.2) is 0 Å². The van der Waals surface area contributed by atoms with E-state index in [4.69, 9.17) is 0 Å². The molecule has 0 aliphatic rings. The van der Waals surface area contributed by atoms with Crippen LogP contribution in [0.25, 0.3) is 0 Å². The molecule has 0 radical (unpaired) electrons. The molecule has 1 unspecified atom stereocenters. The number of hydrogen-bond donors (Lipinski definition) is 1. The Morgan fingerprint density at radius 2 is 2.12 bits per heavy atom. The van der Waals surface area contributed by atoms with Crippen LogP contribution in [0.15, 0.2) is 18.2 Å². The first-order valence-electron chi connectivity index (χ1n) is 5.24. The predicted octanol–water partition coefficient (Wildman–Crippen LogP) is 3.01. The minimum absolute atomic E-state index is 0.250. The first-order valence-corrected chi connectivity index (χ1v) is 6.64. The van der Waals surface area contributed by atoms with Gasteiger partial charge in [0.2, 0.25) is 0 Å². The van der Waals surface area contributed by atoms with Gasteiger partial charge in [0.1, 0.15) is 11.6 Å². The lowest BCUT2D eigenvalue weighted by molar-refractivity contribution is 0.163.